The second kappa shape index (κ2) is 4.55. The van der Waals surface area contributed by atoms with Crippen LogP contribution in [0.25, 0.3) is 0 Å². The number of carbonyl (C=O) groups excluding carboxylic acids is 1. The number of rotatable bonds is 4. The molecular formula is C12H16O3. The lowest BCUT2D eigenvalue weighted by atomic mass is 9.95. The number of carbonyl (C=O) groups is 1. The van der Waals surface area contributed by atoms with E-state index in [1.165, 1.54) is 13.8 Å². The Hall–Kier alpha value is -1.19. The number of Topliss-reactive ketones (excluding diaryl/α,β-unsaturated/α-hetero) is 1. The van der Waals surface area contributed by atoms with Crippen molar-refractivity contribution in [3.05, 3.63) is 35.9 Å². The Morgan fingerprint density at radius 1 is 1.33 bits per heavy atom. The van der Waals surface area contributed by atoms with E-state index < -0.39 is 11.7 Å². The normalized spacial score (nSPS) is 13.6. The molecule has 0 heterocycles. The molecule has 0 aliphatic heterocycles. The van der Waals surface area contributed by atoms with E-state index in [-0.39, 0.29) is 12.2 Å². The monoisotopic (exact) mass is 208 g/mol. The van der Waals surface area contributed by atoms with Crippen molar-refractivity contribution in [1.82, 2.24) is 0 Å². The van der Waals surface area contributed by atoms with Gasteiger partial charge < -0.3 is 10.2 Å². The van der Waals surface area contributed by atoms with Gasteiger partial charge in [-0.05, 0) is 13.8 Å². The Kier molecular flexibility index (Phi) is 3.61. The van der Waals surface area contributed by atoms with Gasteiger partial charge in [-0.3, -0.25) is 4.79 Å². The molecule has 0 amide bonds. The van der Waals surface area contributed by atoms with Gasteiger partial charge in [-0.2, -0.15) is 0 Å². The van der Waals surface area contributed by atoms with Gasteiger partial charge in [0.15, 0.2) is 5.78 Å². The molecule has 1 aromatic rings. The topological polar surface area (TPSA) is 57.5 Å². The first-order chi connectivity index (χ1) is 6.91. The molecule has 3 nitrogen and oxygen atoms in total. The van der Waals surface area contributed by atoms with Crippen LogP contribution >= 0.6 is 0 Å². The van der Waals surface area contributed by atoms with Crippen molar-refractivity contribution in [3.63, 3.8) is 0 Å². The minimum atomic E-state index is -1.25. The van der Waals surface area contributed by atoms with Gasteiger partial charge in [0.2, 0.25) is 0 Å². The summed E-state index contributed by atoms with van der Waals surface area (Å²) in [6.07, 6.45) is -1.10. The second-order valence-electron chi connectivity index (χ2n) is 4.16. The number of aliphatic hydroxyl groups excluding tert-OH is 1. The number of ketones is 1. The SMILES string of the molecule is CC(C)(O)[C@H](O)CC(=O)c1ccccc1. The molecule has 82 valence electrons. The first kappa shape index (κ1) is 11.9. The van der Waals surface area contributed by atoms with Gasteiger partial charge in [-0.1, -0.05) is 30.3 Å². The van der Waals surface area contributed by atoms with Crippen LogP contribution in [0.5, 0.6) is 0 Å². The molecule has 15 heavy (non-hydrogen) atoms. The lowest BCUT2D eigenvalue weighted by Crippen LogP contribution is -2.37. The molecule has 0 spiro atoms. The first-order valence-electron chi connectivity index (χ1n) is 4.90. The molecule has 1 atom stereocenters. The van der Waals surface area contributed by atoms with Gasteiger partial charge in [-0.15, -0.1) is 0 Å². The summed E-state index contributed by atoms with van der Waals surface area (Å²) < 4.78 is 0. The molecule has 0 aliphatic rings. The minimum absolute atomic E-state index is 0.0620. The average molecular weight is 208 g/mol. The van der Waals surface area contributed by atoms with Gasteiger partial charge >= 0.3 is 0 Å². The van der Waals surface area contributed by atoms with Crippen LogP contribution in [0, 0.1) is 0 Å². The van der Waals surface area contributed by atoms with Crippen LogP contribution in [0.1, 0.15) is 30.6 Å². The van der Waals surface area contributed by atoms with Crippen molar-refractivity contribution in [3.8, 4) is 0 Å². The summed E-state index contributed by atoms with van der Waals surface area (Å²) in [5.74, 6) is -0.162. The van der Waals surface area contributed by atoms with E-state index in [2.05, 4.69) is 0 Å². The van der Waals surface area contributed by atoms with Crippen molar-refractivity contribution >= 4 is 5.78 Å². The van der Waals surface area contributed by atoms with Crippen LogP contribution in [-0.4, -0.2) is 27.7 Å². The highest BCUT2D eigenvalue weighted by Crippen LogP contribution is 2.14. The predicted molar refractivity (Wildman–Crippen MR) is 57.7 cm³/mol. The summed E-state index contributed by atoms with van der Waals surface area (Å²) in [4.78, 5) is 11.6. The van der Waals surface area contributed by atoms with E-state index in [1.54, 1.807) is 24.3 Å². The molecule has 3 heteroatoms. The molecule has 1 rings (SSSR count). The van der Waals surface area contributed by atoms with Crippen LogP contribution in [0.2, 0.25) is 0 Å². The predicted octanol–water partition coefficient (Wildman–Crippen LogP) is 1.39. The number of aliphatic hydroxyl groups is 2. The summed E-state index contributed by atoms with van der Waals surface area (Å²) >= 11 is 0. The standard InChI is InChI=1S/C12H16O3/c1-12(2,15)11(14)8-10(13)9-6-4-3-5-7-9/h3-7,11,14-15H,8H2,1-2H3/t11-/m1/s1. The highest BCUT2D eigenvalue weighted by molar-refractivity contribution is 5.96. The van der Waals surface area contributed by atoms with E-state index in [9.17, 15) is 15.0 Å². The highest BCUT2D eigenvalue weighted by atomic mass is 16.3. The van der Waals surface area contributed by atoms with Gasteiger partial charge in [-0.25, -0.2) is 0 Å². The lowest BCUT2D eigenvalue weighted by Gasteiger charge is -2.23. The van der Waals surface area contributed by atoms with E-state index >= 15 is 0 Å². The summed E-state index contributed by atoms with van der Waals surface area (Å²) in [5.41, 5.74) is -0.689. The van der Waals surface area contributed by atoms with Gasteiger partial charge in [0.05, 0.1) is 11.7 Å². The Morgan fingerprint density at radius 2 is 1.87 bits per heavy atom. The Labute approximate surface area is 89.4 Å². The Balaban J connectivity index is 2.65. The average Bonchev–Trinajstić information content (AvgIpc) is 2.17. The Bertz CT molecular complexity index is 324. The molecule has 1 aromatic carbocycles. The van der Waals surface area contributed by atoms with Crippen molar-refractivity contribution in [2.45, 2.75) is 32.0 Å². The number of benzene rings is 1. The summed E-state index contributed by atoms with van der Waals surface area (Å²) in [5, 5.41) is 19.0. The van der Waals surface area contributed by atoms with Gasteiger partial charge in [0.1, 0.15) is 0 Å². The fourth-order valence-corrected chi connectivity index (χ4v) is 1.17. The maximum absolute atomic E-state index is 11.6. The second-order valence-corrected chi connectivity index (χ2v) is 4.16. The minimum Gasteiger partial charge on any atom is -0.390 e. The lowest BCUT2D eigenvalue weighted by molar-refractivity contribution is -0.0474. The summed E-state index contributed by atoms with van der Waals surface area (Å²) in [6, 6.07) is 8.75. The van der Waals surface area contributed by atoms with E-state index in [0.717, 1.165) is 0 Å². The quantitative estimate of drug-likeness (QED) is 0.735. The largest absolute Gasteiger partial charge is 0.390 e. The third-order valence-corrected chi connectivity index (χ3v) is 2.29. The van der Waals surface area contributed by atoms with Gasteiger partial charge in [0.25, 0.3) is 0 Å². The molecule has 2 N–H and O–H groups in total. The van der Waals surface area contributed by atoms with E-state index in [4.69, 9.17) is 0 Å². The molecule has 0 bridgehead atoms. The molecule has 0 aliphatic carbocycles. The van der Waals surface area contributed by atoms with Crippen molar-refractivity contribution in [2.24, 2.45) is 0 Å². The van der Waals surface area contributed by atoms with Crippen LogP contribution in [-0.2, 0) is 0 Å². The first-order valence-corrected chi connectivity index (χ1v) is 4.90. The maximum Gasteiger partial charge on any atom is 0.165 e. The van der Waals surface area contributed by atoms with Crippen LogP contribution in [0.4, 0.5) is 0 Å². The van der Waals surface area contributed by atoms with E-state index in [1.807, 2.05) is 6.07 Å². The molecule has 0 unspecified atom stereocenters. The maximum atomic E-state index is 11.6. The fraction of sp³-hybridized carbons (Fsp3) is 0.417. The molecule has 0 fully saturated rings. The van der Waals surface area contributed by atoms with Crippen LogP contribution < -0.4 is 0 Å². The Morgan fingerprint density at radius 3 is 2.33 bits per heavy atom. The molecule has 0 radical (unpaired) electrons. The smallest absolute Gasteiger partial charge is 0.165 e. The number of hydrogen-bond donors (Lipinski definition) is 2. The third-order valence-electron chi connectivity index (χ3n) is 2.29. The molecule has 0 aromatic heterocycles. The summed E-state index contributed by atoms with van der Waals surface area (Å²) in [6.45, 7) is 2.96. The summed E-state index contributed by atoms with van der Waals surface area (Å²) in [7, 11) is 0. The molecule has 0 saturated carbocycles. The zero-order valence-corrected chi connectivity index (χ0v) is 8.97. The third kappa shape index (κ3) is 3.46. The number of hydrogen-bond acceptors (Lipinski definition) is 3. The zero-order chi connectivity index (χ0) is 11.5. The fourth-order valence-electron chi connectivity index (χ4n) is 1.17. The van der Waals surface area contributed by atoms with Crippen molar-refractivity contribution in [1.29, 1.82) is 0 Å². The van der Waals surface area contributed by atoms with Crippen LogP contribution in [0.3, 0.4) is 0 Å². The van der Waals surface area contributed by atoms with Crippen molar-refractivity contribution < 1.29 is 15.0 Å². The molecule has 0 saturated heterocycles. The highest BCUT2D eigenvalue weighted by Gasteiger charge is 2.26. The molecular weight excluding hydrogens is 192 g/mol. The van der Waals surface area contributed by atoms with Gasteiger partial charge in [0, 0.05) is 12.0 Å². The van der Waals surface area contributed by atoms with E-state index in [0.29, 0.717) is 5.56 Å². The zero-order valence-electron chi connectivity index (χ0n) is 8.97. The van der Waals surface area contributed by atoms with Crippen LogP contribution in [0.15, 0.2) is 30.3 Å². The van der Waals surface area contributed by atoms with Crippen molar-refractivity contribution in [2.75, 3.05) is 0 Å².